The monoisotopic (exact) mass is 236 g/mol. The van der Waals surface area contributed by atoms with Gasteiger partial charge in [-0.3, -0.25) is 0 Å². The van der Waals surface area contributed by atoms with E-state index >= 15 is 0 Å². The van der Waals surface area contributed by atoms with E-state index in [4.69, 9.17) is 4.74 Å². The van der Waals surface area contributed by atoms with Gasteiger partial charge < -0.3 is 14.9 Å². The molecule has 0 saturated heterocycles. The van der Waals surface area contributed by atoms with Crippen LogP contribution >= 0.6 is 0 Å². The van der Waals surface area contributed by atoms with E-state index in [1.54, 1.807) is 13.0 Å². The number of aliphatic hydroxyl groups excluding tert-OH is 2. The normalized spacial score (nSPS) is 16.2. The minimum Gasteiger partial charge on any atom is -0.395 e. The summed E-state index contributed by atoms with van der Waals surface area (Å²) in [6.45, 7) is 5.85. The molecule has 2 atom stereocenters. The van der Waals surface area contributed by atoms with Crippen LogP contribution in [-0.2, 0) is 11.3 Å². The predicted octanol–water partition coefficient (Wildman–Crippen LogP) is 1.75. The molecule has 1 aromatic carbocycles. The highest BCUT2D eigenvalue weighted by molar-refractivity contribution is 5.13. The summed E-state index contributed by atoms with van der Waals surface area (Å²) < 4.78 is 5.42. The van der Waals surface area contributed by atoms with Gasteiger partial charge in [-0.25, -0.2) is 0 Å². The van der Waals surface area contributed by atoms with Gasteiger partial charge in [0.05, 0.1) is 25.9 Å². The van der Waals surface area contributed by atoms with E-state index in [9.17, 15) is 10.2 Å². The number of hydrogen-bond acceptors (Lipinski definition) is 3. The van der Waals surface area contributed by atoms with Crippen molar-refractivity contribution in [3.05, 3.63) is 48.6 Å². The van der Waals surface area contributed by atoms with E-state index in [2.05, 4.69) is 6.58 Å². The second-order valence-electron chi connectivity index (χ2n) is 4.38. The first-order valence-corrected chi connectivity index (χ1v) is 5.66. The molecule has 0 aromatic heterocycles. The van der Waals surface area contributed by atoms with E-state index in [0.29, 0.717) is 6.61 Å². The predicted molar refractivity (Wildman–Crippen MR) is 67.5 cm³/mol. The Morgan fingerprint density at radius 2 is 2.06 bits per heavy atom. The number of ether oxygens (including phenoxy) is 1. The number of hydrogen-bond donors (Lipinski definition) is 2. The second-order valence-corrected chi connectivity index (χ2v) is 4.38. The zero-order valence-corrected chi connectivity index (χ0v) is 10.2. The molecule has 0 heterocycles. The Hall–Kier alpha value is -1.16. The smallest absolute Gasteiger partial charge is 0.0883 e. The molecule has 0 bridgehead atoms. The lowest BCUT2D eigenvalue weighted by Crippen LogP contribution is -2.37. The third kappa shape index (κ3) is 3.97. The molecule has 0 fully saturated rings. The van der Waals surface area contributed by atoms with Crippen LogP contribution in [0, 0.1) is 5.41 Å². The van der Waals surface area contributed by atoms with Crippen LogP contribution in [0.1, 0.15) is 12.5 Å². The molecule has 94 valence electrons. The molecule has 3 nitrogen and oxygen atoms in total. The summed E-state index contributed by atoms with van der Waals surface area (Å²) in [6, 6.07) is 9.75. The molecule has 0 spiro atoms. The summed E-state index contributed by atoms with van der Waals surface area (Å²) in [4.78, 5) is 0. The van der Waals surface area contributed by atoms with Crippen LogP contribution in [0.3, 0.4) is 0 Å². The minimum absolute atomic E-state index is 0.146. The van der Waals surface area contributed by atoms with Crippen molar-refractivity contribution in [1.29, 1.82) is 0 Å². The molecule has 0 aliphatic carbocycles. The van der Waals surface area contributed by atoms with Gasteiger partial charge in [-0.2, -0.15) is 0 Å². The first-order chi connectivity index (χ1) is 8.12. The zero-order valence-electron chi connectivity index (χ0n) is 10.2. The Balaban J connectivity index is 2.39. The lowest BCUT2D eigenvalue weighted by atomic mass is 9.86. The van der Waals surface area contributed by atoms with Crippen LogP contribution < -0.4 is 0 Å². The summed E-state index contributed by atoms with van der Waals surface area (Å²) in [6.07, 6.45) is 0.803. The van der Waals surface area contributed by atoms with Crippen molar-refractivity contribution < 1.29 is 14.9 Å². The summed E-state index contributed by atoms with van der Waals surface area (Å²) in [5.41, 5.74) is 0.348. The van der Waals surface area contributed by atoms with Crippen LogP contribution in [0.2, 0.25) is 0 Å². The Morgan fingerprint density at radius 3 is 2.59 bits per heavy atom. The largest absolute Gasteiger partial charge is 0.395 e. The molecule has 2 N–H and O–H groups in total. The van der Waals surface area contributed by atoms with Gasteiger partial charge in [0.15, 0.2) is 0 Å². The minimum atomic E-state index is -0.756. The first-order valence-electron chi connectivity index (χ1n) is 5.66. The van der Waals surface area contributed by atoms with Gasteiger partial charge in [0.25, 0.3) is 0 Å². The molecular formula is C14H20O3. The van der Waals surface area contributed by atoms with Crippen molar-refractivity contribution in [3.63, 3.8) is 0 Å². The van der Waals surface area contributed by atoms with E-state index in [-0.39, 0.29) is 13.2 Å². The fourth-order valence-electron chi connectivity index (χ4n) is 1.36. The van der Waals surface area contributed by atoms with Crippen molar-refractivity contribution in [1.82, 2.24) is 0 Å². The Bertz CT molecular complexity index is 337. The lowest BCUT2D eigenvalue weighted by Gasteiger charge is -2.28. The third-order valence-corrected chi connectivity index (χ3v) is 2.96. The molecule has 1 rings (SSSR count). The van der Waals surface area contributed by atoms with Crippen LogP contribution in [0.4, 0.5) is 0 Å². The Labute approximate surface area is 102 Å². The van der Waals surface area contributed by atoms with E-state index in [1.165, 1.54) is 0 Å². The Kier molecular flexibility index (Phi) is 5.35. The molecule has 0 saturated carbocycles. The first kappa shape index (κ1) is 13.9. The summed E-state index contributed by atoms with van der Waals surface area (Å²) in [5.74, 6) is 0. The highest BCUT2D eigenvalue weighted by Gasteiger charge is 2.29. The topological polar surface area (TPSA) is 49.7 Å². The van der Waals surface area contributed by atoms with Crippen molar-refractivity contribution in [2.45, 2.75) is 19.6 Å². The fourth-order valence-corrected chi connectivity index (χ4v) is 1.36. The van der Waals surface area contributed by atoms with Crippen LogP contribution in [0.25, 0.3) is 0 Å². The van der Waals surface area contributed by atoms with Crippen LogP contribution in [0.5, 0.6) is 0 Å². The summed E-state index contributed by atoms with van der Waals surface area (Å²) in [7, 11) is 0. The summed E-state index contributed by atoms with van der Waals surface area (Å²) >= 11 is 0. The fraction of sp³-hybridized carbons (Fsp3) is 0.429. The molecule has 1 aromatic rings. The van der Waals surface area contributed by atoms with Gasteiger partial charge in [0, 0.05) is 5.41 Å². The highest BCUT2D eigenvalue weighted by Crippen LogP contribution is 2.22. The lowest BCUT2D eigenvalue weighted by molar-refractivity contribution is -0.0397. The molecule has 0 aliphatic rings. The third-order valence-electron chi connectivity index (χ3n) is 2.96. The molecule has 17 heavy (non-hydrogen) atoms. The quantitative estimate of drug-likeness (QED) is 0.709. The van der Waals surface area contributed by atoms with Crippen LogP contribution in [-0.4, -0.2) is 29.5 Å². The molecule has 0 amide bonds. The average Bonchev–Trinajstić information content (AvgIpc) is 2.39. The number of benzene rings is 1. The molecule has 0 radical (unpaired) electrons. The standard InChI is InChI=1S/C14H20O3/c1-3-14(2,11-15)13(16)10-17-9-12-7-5-4-6-8-12/h3-8,13,15-16H,1,9-11H2,2H3/t13?,14-/m0/s1. The highest BCUT2D eigenvalue weighted by atomic mass is 16.5. The summed E-state index contributed by atoms with van der Waals surface area (Å²) in [5, 5.41) is 19.1. The van der Waals surface area contributed by atoms with Gasteiger partial charge in [0.1, 0.15) is 0 Å². The van der Waals surface area contributed by atoms with E-state index in [0.717, 1.165) is 5.56 Å². The number of rotatable bonds is 7. The molecule has 3 heteroatoms. The average molecular weight is 236 g/mol. The Morgan fingerprint density at radius 1 is 1.41 bits per heavy atom. The van der Waals surface area contributed by atoms with Gasteiger partial charge in [-0.15, -0.1) is 6.58 Å². The van der Waals surface area contributed by atoms with Gasteiger partial charge in [-0.05, 0) is 5.56 Å². The van der Waals surface area contributed by atoms with Gasteiger partial charge in [-0.1, -0.05) is 43.3 Å². The van der Waals surface area contributed by atoms with E-state index < -0.39 is 11.5 Å². The SMILES string of the molecule is C=C[C@@](C)(CO)C(O)COCc1ccccc1. The van der Waals surface area contributed by atoms with Crippen molar-refractivity contribution in [2.24, 2.45) is 5.41 Å². The van der Waals surface area contributed by atoms with Crippen molar-refractivity contribution in [2.75, 3.05) is 13.2 Å². The number of aliphatic hydroxyl groups is 2. The van der Waals surface area contributed by atoms with Crippen molar-refractivity contribution in [3.8, 4) is 0 Å². The second kappa shape index (κ2) is 6.55. The van der Waals surface area contributed by atoms with Gasteiger partial charge >= 0.3 is 0 Å². The van der Waals surface area contributed by atoms with Crippen molar-refractivity contribution >= 4 is 0 Å². The molecule has 0 aliphatic heterocycles. The maximum absolute atomic E-state index is 9.89. The molecular weight excluding hydrogens is 216 g/mol. The molecule has 1 unspecified atom stereocenters. The maximum atomic E-state index is 9.89. The zero-order chi connectivity index (χ0) is 12.7. The van der Waals surface area contributed by atoms with Crippen LogP contribution in [0.15, 0.2) is 43.0 Å². The maximum Gasteiger partial charge on any atom is 0.0883 e. The van der Waals surface area contributed by atoms with Gasteiger partial charge in [0.2, 0.25) is 0 Å². The van der Waals surface area contributed by atoms with E-state index in [1.807, 2.05) is 30.3 Å².